The van der Waals surface area contributed by atoms with Crippen LogP contribution in [0.25, 0.3) is 0 Å². The van der Waals surface area contributed by atoms with Crippen molar-refractivity contribution < 1.29 is 4.79 Å². The van der Waals surface area contributed by atoms with Crippen LogP contribution < -0.4 is 10.6 Å². The molecule has 0 saturated carbocycles. The lowest BCUT2D eigenvalue weighted by molar-refractivity contribution is 0.180. The number of rotatable bonds is 1. The molecule has 2 amide bonds. The molecule has 0 aromatic heterocycles. The average Bonchev–Trinajstić information content (AvgIpc) is 2.31. The van der Waals surface area contributed by atoms with Gasteiger partial charge in [-0.1, -0.05) is 0 Å². The van der Waals surface area contributed by atoms with E-state index in [1.165, 1.54) is 12.8 Å². The molecule has 16 heavy (non-hydrogen) atoms. The van der Waals surface area contributed by atoms with Gasteiger partial charge in [-0.05, 0) is 38.6 Å². The maximum atomic E-state index is 11.9. The highest BCUT2D eigenvalue weighted by Crippen LogP contribution is 2.09. The summed E-state index contributed by atoms with van der Waals surface area (Å²) in [4.78, 5) is 13.8. The Morgan fingerprint density at radius 3 is 2.56 bits per heavy atom. The highest BCUT2D eigenvalue weighted by molar-refractivity contribution is 5.85. The van der Waals surface area contributed by atoms with E-state index in [0.717, 1.165) is 45.4 Å². The minimum atomic E-state index is 0. The van der Waals surface area contributed by atoms with E-state index in [1.807, 2.05) is 4.90 Å². The predicted octanol–water partition coefficient (Wildman–Crippen LogP) is 1.36. The fourth-order valence-corrected chi connectivity index (χ4v) is 2.34. The number of carbonyl (C=O) groups excluding carboxylic acids is 1. The van der Waals surface area contributed by atoms with Crippen LogP contribution in [0.3, 0.4) is 0 Å². The fourth-order valence-electron chi connectivity index (χ4n) is 2.34. The number of nitrogens with one attached hydrogen (secondary N) is 2. The van der Waals surface area contributed by atoms with Crippen LogP contribution in [-0.4, -0.2) is 43.2 Å². The number of carbonyl (C=O) groups is 1. The zero-order valence-electron chi connectivity index (χ0n) is 9.71. The number of hydrogen-bond donors (Lipinski definition) is 2. The van der Waals surface area contributed by atoms with Crippen molar-refractivity contribution in [1.82, 2.24) is 15.5 Å². The van der Waals surface area contributed by atoms with Gasteiger partial charge < -0.3 is 15.5 Å². The van der Waals surface area contributed by atoms with Crippen LogP contribution in [0, 0.1) is 0 Å². The number of halogens is 1. The second kappa shape index (κ2) is 6.97. The van der Waals surface area contributed by atoms with Crippen molar-refractivity contribution in [3.05, 3.63) is 0 Å². The summed E-state index contributed by atoms with van der Waals surface area (Å²) in [6, 6.07) is 0.483. The van der Waals surface area contributed by atoms with Crippen LogP contribution in [0.4, 0.5) is 4.79 Å². The summed E-state index contributed by atoms with van der Waals surface area (Å²) in [7, 11) is 0. The molecule has 0 spiro atoms. The maximum absolute atomic E-state index is 11.9. The number of urea groups is 1. The molecule has 5 heteroatoms. The topological polar surface area (TPSA) is 44.4 Å². The number of hydrogen-bond acceptors (Lipinski definition) is 2. The third kappa shape index (κ3) is 3.83. The Morgan fingerprint density at radius 2 is 1.94 bits per heavy atom. The molecular weight excluding hydrogens is 226 g/mol. The molecule has 2 aliphatic heterocycles. The first kappa shape index (κ1) is 13.6. The Labute approximate surface area is 104 Å². The van der Waals surface area contributed by atoms with Crippen molar-refractivity contribution in [2.45, 2.75) is 38.1 Å². The first-order valence-electron chi connectivity index (χ1n) is 6.12. The summed E-state index contributed by atoms with van der Waals surface area (Å²) in [6.45, 7) is 3.90. The first-order chi connectivity index (χ1) is 7.36. The lowest BCUT2D eigenvalue weighted by Gasteiger charge is -2.30. The monoisotopic (exact) mass is 247 g/mol. The van der Waals surface area contributed by atoms with Crippen LogP contribution in [-0.2, 0) is 0 Å². The molecule has 0 bridgehead atoms. The molecule has 0 aromatic carbocycles. The van der Waals surface area contributed by atoms with Crippen molar-refractivity contribution in [3.63, 3.8) is 0 Å². The maximum Gasteiger partial charge on any atom is 0.317 e. The fraction of sp³-hybridized carbons (Fsp3) is 0.909. The molecule has 0 radical (unpaired) electrons. The van der Waals surface area contributed by atoms with E-state index in [-0.39, 0.29) is 18.4 Å². The molecule has 0 aliphatic carbocycles. The number of likely N-dealkylation sites (tertiary alicyclic amines) is 1. The molecular formula is C11H22ClN3O. The summed E-state index contributed by atoms with van der Waals surface area (Å²) in [5.74, 6) is 0. The zero-order chi connectivity index (χ0) is 10.5. The van der Waals surface area contributed by atoms with E-state index in [4.69, 9.17) is 0 Å². The summed E-state index contributed by atoms with van der Waals surface area (Å²) < 4.78 is 0. The number of nitrogens with zero attached hydrogens (tertiary/aromatic N) is 1. The van der Waals surface area contributed by atoms with E-state index in [1.54, 1.807) is 0 Å². The van der Waals surface area contributed by atoms with Gasteiger partial charge in [0.15, 0.2) is 0 Å². The molecule has 2 fully saturated rings. The molecule has 2 saturated heterocycles. The van der Waals surface area contributed by atoms with Gasteiger partial charge in [0, 0.05) is 25.7 Å². The highest BCUT2D eigenvalue weighted by Gasteiger charge is 2.20. The lowest BCUT2D eigenvalue weighted by atomic mass is 10.1. The Bertz CT molecular complexity index is 213. The van der Waals surface area contributed by atoms with Crippen molar-refractivity contribution in [1.29, 1.82) is 0 Å². The van der Waals surface area contributed by atoms with Crippen LogP contribution >= 0.6 is 12.4 Å². The zero-order valence-corrected chi connectivity index (χ0v) is 10.5. The van der Waals surface area contributed by atoms with Gasteiger partial charge in [0.2, 0.25) is 0 Å². The second-order valence-electron chi connectivity index (χ2n) is 4.54. The summed E-state index contributed by atoms with van der Waals surface area (Å²) in [5, 5.41) is 6.42. The standard InChI is InChI=1S/C11H21N3O.ClH/c15-11(14-7-2-1-3-8-14)13-10-5-4-6-12-9-10;/h10,12H,1-9H2,(H,13,15);1H/t10-;/m1./s1. The van der Waals surface area contributed by atoms with Crippen molar-refractivity contribution in [2.75, 3.05) is 26.2 Å². The Kier molecular flexibility index (Phi) is 5.91. The van der Waals surface area contributed by atoms with Crippen molar-refractivity contribution in [2.24, 2.45) is 0 Å². The summed E-state index contributed by atoms with van der Waals surface area (Å²) in [5.41, 5.74) is 0. The van der Waals surface area contributed by atoms with E-state index in [9.17, 15) is 4.79 Å². The lowest BCUT2D eigenvalue weighted by Crippen LogP contribution is -2.51. The van der Waals surface area contributed by atoms with Crippen LogP contribution in [0.1, 0.15) is 32.1 Å². The van der Waals surface area contributed by atoms with Gasteiger partial charge in [-0.3, -0.25) is 0 Å². The molecule has 0 unspecified atom stereocenters. The van der Waals surface area contributed by atoms with Crippen LogP contribution in [0.2, 0.25) is 0 Å². The van der Waals surface area contributed by atoms with Gasteiger partial charge in [0.1, 0.15) is 0 Å². The van der Waals surface area contributed by atoms with Crippen LogP contribution in [0.15, 0.2) is 0 Å². The number of piperidine rings is 2. The highest BCUT2D eigenvalue weighted by atomic mass is 35.5. The van der Waals surface area contributed by atoms with Gasteiger partial charge in [-0.15, -0.1) is 12.4 Å². The third-order valence-corrected chi connectivity index (χ3v) is 3.27. The summed E-state index contributed by atoms with van der Waals surface area (Å²) >= 11 is 0. The normalized spacial score (nSPS) is 25.8. The molecule has 4 nitrogen and oxygen atoms in total. The second-order valence-corrected chi connectivity index (χ2v) is 4.54. The van der Waals surface area contributed by atoms with E-state index >= 15 is 0 Å². The summed E-state index contributed by atoms with van der Waals surface area (Å²) in [6.07, 6.45) is 5.89. The SMILES string of the molecule is Cl.O=C(N[C@@H]1CCCNC1)N1CCCCC1. The Balaban J connectivity index is 0.00000128. The molecule has 2 N–H and O–H groups in total. The first-order valence-corrected chi connectivity index (χ1v) is 6.12. The Morgan fingerprint density at radius 1 is 1.19 bits per heavy atom. The van der Waals surface area contributed by atoms with Gasteiger partial charge >= 0.3 is 6.03 Å². The number of amides is 2. The molecule has 94 valence electrons. The predicted molar refractivity (Wildman–Crippen MR) is 67.1 cm³/mol. The molecule has 2 heterocycles. The minimum absolute atomic E-state index is 0. The van der Waals surface area contributed by atoms with E-state index in [0.29, 0.717) is 6.04 Å². The van der Waals surface area contributed by atoms with E-state index in [2.05, 4.69) is 10.6 Å². The average molecular weight is 248 g/mol. The molecule has 0 aromatic rings. The van der Waals surface area contributed by atoms with Gasteiger partial charge in [-0.2, -0.15) is 0 Å². The Hall–Kier alpha value is -0.480. The van der Waals surface area contributed by atoms with Crippen molar-refractivity contribution >= 4 is 18.4 Å². The van der Waals surface area contributed by atoms with Crippen molar-refractivity contribution in [3.8, 4) is 0 Å². The van der Waals surface area contributed by atoms with Gasteiger partial charge in [-0.25, -0.2) is 4.79 Å². The van der Waals surface area contributed by atoms with Gasteiger partial charge in [0.25, 0.3) is 0 Å². The minimum Gasteiger partial charge on any atom is -0.334 e. The quantitative estimate of drug-likeness (QED) is 0.735. The smallest absolute Gasteiger partial charge is 0.317 e. The van der Waals surface area contributed by atoms with E-state index < -0.39 is 0 Å². The largest absolute Gasteiger partial charge is 0.334 e. The molecule has 2 aliphatic rings. The molecule has 1 atom stereocenters. The molecule has 2 rings (SSSR count). The van der Waals surface area contributed by atoms with Crippen LogP contribution in [0.5, 0.6) is 0 Å². The van der Waals surface area contributed by atoms with Gasteiger partial charge in [0.05, 0.1) is 0 Å². The third-order valence-electron chi connectivity index (χ3n) is 3.27.